The normalized spacial score (nSPS) is 15.9. The highest BCUT2D eigenvalue weighted by Gasteiger charge is 2.34. The number of fused-ring (bicyclic) bond motifs is 1. The van der Waals surface area contributed by atoms with Crippen molar-refractivity contribution < 1.29 is 19.1 Å². The van der Waals surface area contributed by atoms with Gasteiger partial charge in [-0.25, -0.2) is 4.79 Å². The van der Waals surface area contributed by atoms with Crippen molar-refractivity contribution in [3.8, 4) is 5.75 Å². The molecule has 2 aromatic rings. The van der Waals surface area contributed by atoms with Crippen LogP contribution in [-0.4, -0.2) is 25.6 Å². The number of halogens is 1. The fourth-order valence-corrected chi connectivity index (χ4v) is 5.87. The second kappa shape index (κ2) is 9.96. The van der Waals surface area contributed by atoms with E-state index in [4.69, 9.17) is 9.47 Å². The fourth-order valence-electron chi connectivity index (χ4n) is 4.03. The topological polar surface area (TPSA) is 64.6 Å². The zero-order valence-electron chi connectivity index (χ0n) is 19.6. The average molecular weight is 523 g/mol. The molecule has 174 valence electrons. The summed E-state index contributed by atoms with van der Waals surface area (Å²) in [6.45, 7) is 10.9. The molecule has 0 aliphatic heterocycles. The molecule has 3 rings (SSSR count). The van der Waals surface area contributed by atoms with Gasteiger partial charge in [0.15, 0.2) is 6.61 Å². The number of amides is 1. The molecule has 1 N–H and O–H groups in total. The van der Waals surface area contributed by atoms with E-state index < -0.39 is 5.97 Å². The van der Waals surface area contributed by atoms with Crippen LogP contribution in [0, 0.1) is 11.3 Å². The van der Waals surface area contributed by atoms with Crippen molar-refractivity contribution in [1.82, 2.24) is 0 Å². The smallest absolute Gasteiger partial charge is 0.341 e. The minimum atomic E-state index is -0.403. The van der Waals surface area contributed by atoms with Gasteiger partial charge in [-0.1, -0.05) is 40.7 Å². The number of hydrogen-bond acceptors (Lipinski definition) is 5. The first kappa shape index (κ1) is 24.8. The largest absolute Gasteiger partial charge is 0.483 e. The Hall–Kier alpha value is -1.86. The fraction of sp³-hybridized carbons (Fsp3) is 0.520. The molecule has 32 heavy (non-hydrogen) atoms. The van der Waals surface area contributed by atoms with Crippen LogP contribution in [0.1, 0.15) is 73.3 Å². The van der Waals surface area contributed by atoms with Crippen molar-refractivity contribution in [2.75, 3.05) is 19.0 Å². The summed E-state index contributed by atoms with van der Waals surface area (Å²) in [5.41, 5.74) is 2.90. The number of rotatable bonds is 6. The summed E-state index contributed by atoms with van der Waals surface area (Å²) in [5, 5.41) is 3.45. The predicted molar refractivity (Wildman–Crippen MR) is 133 cm³/mol. The van der Waals surface area contributed by atoms with E-state index in [0.717, 1.165) is 29.3 Å². The Morgan fingerprint density at radius 2 is 2.00 bits per heavy atom. The number of nitrogens with one attached hydrogen (secondary N) is 1. The van der Waals surface area contributed by atoms with Gasteiger partial charge in [0.05, 0.1) is 17.1 Å². The van der Waals surface area contributed by atoms with Crippen molar-refractivity contribution in [2.24, 2.45) is 11.3 Å². The van der Waals surface area contributed by atoms with E-state index in [1.54, 1.807) is 0 Å². The third-order valence-corrected chi connectivity index (χ3v) is 7.90. The molecule has 0 saturated carbocycles. The lowest BCUT2D eigenvalue weighted by Crippen LogP contribution is -2.26. The van der Waals surface area contributed by atoms with E-state index in [0.29, 0.717) is 28.1 Å². The molecule has 1 aliphatic carbocycles. The van der Waals surface area contributed by atoms with Crippen molar-refractivity contribution in [1.29, 1.82) is 0 Å². The number of carbonyl (C=O) groups is 2. The number of esters is 1. The van der Waals surface area contributed by atoms with Crippen LogP contribution in [0.5, 0.6) is 5.75 Å². The first-order valence-electron chi connectivity index (χ1n) is 11.0. The Kier molecular flexibility index (Phi) is 7.71. The molecular formula is C25H32BrNO4S. The number of anilines is 1. The summed E-state index contributed by atoms with van der Waals surface area (Å²) < 4.78 is 11.6. The number of thiophene rings is 1. The second-order valence-electron chi connectivity index (χ2n) is 9.69. The molecule has 1 aromatic heterocycles. The van der Waals surface area contributed by atoms with Crippen LogP contribution in [0.4, 0.5) is 5.00 Å². The number of benzene rings is 1. The van der Waals surface area contributed by atoms with Gasteiger partial charge in [0, 0.05) is 4.88 Å². The molecule has 0 radical (unpaired) electrons. The highest BCUT2D eigenvalue weighted by Crippen LogP contribution is 2.44. The van der Waals surface area contributed by atoms with Gasteiger partial charge < -0.3 is 14.8 Å². The molecule has 0 bridgehead atoms. The molecule has 1 heterocycles. The lowest BCUT2D eigenvalue weighted by Gasteiger charge is -2.33. The summed E-state index contributed by atoms with van der Waals surface area (Å²) in [4.78, 5) is 26.4. The van der Waals surface area contributed by atoms with E-state index in [-0.39, 0.29) is 17.9 Å². The van der Waals surface area contributed by atoms with Crippen LogP contribution in [-0.2, 0) is 22.4 Å². The zero-order valence-corrected chi connectivity index (χ0v) is 22.0. The highest BCUT2D eigenvalue weighted by molar-refractivity contribution is 9.10. The van der Waals surface area contributed by atoms with Crippen molar-refractivity contribution >= 4 is 44.1 Å². The SMILES string of the molecule is COC(=O)c1c(NC(=O)COc2ccc(C(C)C)cc2Br)sc2c1CCC(C(C)(C)C)C2. The molecule has 0 saturated heterocycles. The van der Waals surface area contributed by atoms with Crippen molar-refractivity contribution in [3.05, 3.63) is 44.2 Å². The summed E-state index contributed by atoms with van der Waals surface area (Å²) in [6, 6.07) is 5.87. The Labute approximate surface area is 203 Å². The first-order chi connectivity index (χ1) is 15.0. The minimum Gasteiger partial charge on any atom is -0.483 e. The maximum atomic E-state index is 12.7. The van der Waals surface area contributed by atoms with Gasteiger partial charge >= 0.3 is 5.97 Å². The molecule has 0 fully saturated rings. The number of ether oxygens (including phenoxy) is 2. The van der Waals surface area contributed by atoms with Crippen LogP contribution in [0.3, 0.4) is 0 Å². The second-order valence-corrected chi connectivity index (χ2v) is 11.6. The predicted octanol–water partition coefficient (Wildman–Crippen LogP) is 6.59. The molecule has 0 spiro atoms. The average Bonchev–Trinajstić information content (AvgIpc) is 3.08. The monoisotopic (exact) mass is 521 g/mol. The molecule has 1 amide bonds. The van der Waals surface area contributed by atoms with Crippen molar-refractivity contribution in [2.45, 2.75) is 59.8 Å². The third-order valence-electron chi connectivity index (χ3n) is 6.11. The van der Waals surface area contributed by atoms with E-state index in [1.807, 2.05) is 18.2 Å². The Morgan fingerprint density at radius 1 is 1.28 bits per heavy atom. The lowest BCUT2D eigenvalue weighted by molar-refractivity contribution is -0.118. The third kappa shape index (κ3) is 5.54. The molecule has 1 aliphatic rings. The van der Waals surface area contributed by atoms with Gasteiger partial charge in [-0.3, -0.25) is 4.79 Å². The van der Waals surface area contributed by atoms with Crippen LogP contribution in [0.25, 0.3) is 0 Å². The van der Waals surface area contributed by atoms with Crippen LogP contribution >= 0.6 is 27.3 Å². The van der Waals surface area contributed by atoms with E-state index >= 15 is 0 Å². The summed E-state index contributed by atoms with van der Waals surface area (Å²) in [6.07, 6.45) is 2.75. The van der Waals surface area contributed by atoms with Gasteiger partial charge in [0.1, 0.15) is 10.8 Å². The van der Waals surface area contributed by atoms with Crippen LogP contribution in [0.2, 0.25) is 0 Å². The van der Waals surface area contributed by atoms with Gasteiger partial charge in [0.25, 0.3) is 5.91 Å². The zero-order chi connectivity index (χ0) is 23.6. The Bertz CT molecular complexity index is 1010. The first-order valence-corrected chi connectivity index (χ1v) is 12.6. The summed E-state index contributed by atoms with van der Waals surface area (Å²) >= 11 is 5.00. The molecule has 5 nitrogen and oxygen atoms in total. The van der Waals surface area contributed by atoms with Gasteiger partial charge in [-0.2, -0.15) is 0 Å². The van der Waals surface area contributed by atoms with E-state index in [9.17, 15) is 9.59 Å². The lowest BCUT2D eigenvalue weighted by atomic mass is 9.72. The number of carbonyl (C=O) groups excluding carboxylic acids is 2. The van der Waals surface area contributed by atoms with E-state index in [2.05, 4.69) is 55.9 Å². The Morgan fingerprint density at radius 3 is 2.59 bits per heavy atom. The maximum absolute atomic E-state index is 12.7. The molecular weight excluding hydrogens is 490 g/mol. The standard InChI is InChI=1S/C25H32BrNO4S/c1-14(2)15-7-10-19(18(26)11-15)31-13-21(28)27-23-22(24(29)30-6)17-9-8-16(25(3,4)5)12-20(17)32-23/h7,10-11,14,16H,8-9,12-13H2,1-6H3,(H,27,28). The molecule has 7 heteroatoms. The van der Waals surface area contributed by atoms with Crippen LogP contribution in [0.15, 0.2) is 22.7 Å². The Balaban J connectivity index is 1.75. The van der Waals surface area contributed by atoms with E-state index in [1.165, 1.54) is 28.9 Å². The highest BCUT2D eigenvalue weighted by atomic mass is 79.9. The van der Waals surface area contributed by atoms with Gasteiger partial charge in [0.2, 0.25) is 0 Å². The molecule has 1 unspecified atom stereocenters. The molecule has 1 atom stereocenters. The minimum absolute atomic E-state index is 0.145. The van der Waals surface area contributed by atoms with Gasteiger partial charge in [-0.05, 0) is 75.7 Å². The van der Waals surface area contributed by atoms with Gasteiger partial charge in [-0.15, -0.1) is 11.3 Å². The summed E-state index contributed by atoms with van der Waals surface area (Å²) in [7, 11) is 1.38. The quantitative estimate of drug-likeness (QED) is 0.435. The van der Waals surface area contributed by atoms with Crippen LogP contribution < -0.4 is 10.1 Å². The van der Waals surface area contributed by atoms with Crippen molar-refractivity contribution in [3.63, 3.8) is 0 Å². The number of hydrogen-bond donors (Lipinski definition) is 1. The summed E-state index contributed by atoms with van der Waals surface area (Å²) in [5.74, 6) is 0.845. The molecule has 1 aromatic carbocycles. The maximum Gasteiger partial charge on any atom is 0.341 e. The number of methoxy groups -OCH3 is 1.